The van der Waals surface area contributed by atoms with Crippen LogP contribution in [0.1, 0.15) is 46.7 Å². The Morgan fingerprint density at radius 1 is 1.21 bits per heavy atom. The molecule has 0 aliphatic heterocycles. The van der Waals surface area contributed by atoms with Gasteiger partial charge in [-0.2, -0.15) is 0 Å². The Labute approximate surface area is 116 Å². The number of nitrogens with one attached hydrogen (secondary N) is 2. The molecule has 0 bridgehead atoms. The van der Waals surface area contributed by atoms with Crippen molar-refractivity contribution in [1.29, 1.82) is 0 Å². The van der Waals surface area contributed by atoms with Crippen LogP contribution in [0.5, 0.6) is 0 Å². The fourth-order valence-electron chi connectivity index (χ4n) is 1.54. The number of amides is 2. The van der Waals surface area contributed by atoms with E-state index < -0.39 is 5.91 Å². The second kappa shape index (κ2) is 6.98. The number of rotatable bonds is 7. The Balaban J connectivity index is 3.06. The molecule has 2 amide bonds. The smallest absolute Gasteiger partial charge is 0.263 e. The Bertz CT molecular complexity index is 471. The SMILES string of the molecule is CCCNC(=O)c1sc(NCCC)c(C(N)=O)c1N. The molecular formula is C12H20N4O2S. The lowest BCUT2D eigenvalue weighted by molar-refractivity contribution is 0.0958. The van der Waals surface area contributed by atoms with Crippen LogP contribution in [0.25, 0.3) is 0 Å². The largest absolute Gasteiger partial charge is 0.397 e. The third kappa shape index (κ3) is 3.60. The van der Waals surface area contributed by atoms with Gasteiger partial charge in [0.2, 0.25) is 0 Å². The second-order valence-corrected chi connectivity index (χ2v) is 5.12. The summed E-state index contributed by atoms with van der Waals surface area (Å²) in [6.07, 6.45) is 1.73. The number of carbonyl (C=O) groups is 2. The molecule has 0 saturated heterocycles. The first-order chi connectivity index (χ1) is 9.02. The summed E-state index contributed by atoms with van der Waals surface area (Å²) in [6, 6.07) is 0. The fourth-order valence-corrected chi connectivity index (χ4v) is 2.61. The van der Waals surface area contributed by atoms with Crippen LogP contribution in [0.2, 0.25) is 0 Å². The van der Waals surface area contributed by atoms with E-state index in [1.54, 1.807) is 0 Å². The van der Waals surface area contributed by atoms with Crippen LogP contribution in [0.15, 0.2) is 0 Å². The van der Waals surface area contributed by atoms with Gasteiger partial charge in [0.05, 0.1) is 11.3 Å². The topological polar surface area (TPSA) is 110 Å². The number of hydrogen-bond donors (Lipinski definition) is 4. The molecule has 6 N–H and O–H groups in total. The monoisotopic (exact) mass is 284 g/mol. The first kappa shape index (κ1) is 15.3. The maximum Gasteiger partial charge on any atom is 0.263 e. The number of primary amides is 1. The molecule has 0 spiro atoms. The molecule has 0 aromatic carbocycles. The lowest BCUT2D eigenvalue weighted by Crippen LogP contribution is -2.24. The normalized spacial score (nSPS) is 10.2. The number of anilines is 2. The van der Waals surface area contributed by atoms with E-state index in [9.17, 15) is 9.59 Å². The lowest BCUT2D eigenvalue weighted by Gasteiger charge is -2.03. The maximum atomic E-state index is 11.9. The first-order valence-corrected chi connectivity index (χ1v) is 7.08. The van der Waals surface area contributed by atoms with Crippen molar-refractivity contribution in [3.8, 4) is 0 Å². The van der Waals surface area contributed by atoms with Crippen LogP contribution in [-0.4, -0.2) is 24.9 Å². The van der Waals surface area contributed by atoms with Gasteiger partial charge in [-0.15, -0.1) is 11.3 Å². The quantitative estimate of drug-likeness (QED) is 0.606. The van der Waals surface area contributed by atoms with Crippen molar-refractivity contribution in [3.63, 3.8) is 0 Å². The average molecular weight is 284 g/mol. The summed E-state index contributed by atoms with van der Waals surface area (Å²) in [5.74, 6) is -0.890. The highest BCUT2D eigenvalue weighted by molar-refractivity contribution is 7.19. The molecule has 106 valence electrons. The standard InChI is InChI=1S/C12H20N4O2S/c1-3-5-15-11(18)9-8(13)7(10(14)17)12(19-9)16-6-4-2/h16H,3-6,13H2,1-2H3,(H2,14,17)(H,15,18). The van der Waals surface area contributed by atoms with E-state index in [4.69, 9.17) is 11.5 Å². The first-order valence-electron chi connectivity index (χ1n) is 6.27. The Morgan fingerprint density at radius 2 is 1.84 bits per heavy atom. The van der Waals surface area contributed by atoms with Crippen molar-refractivity contribution in [2.45, 2.75) is 26.7 Å². The minimum atomic E-state index is -0.623. The average Bonchev–Trinajstić information content (AvgIpc) is 2.70. The van der Waals surface area contributed by atoms with Gasteiger partial charge in [-0.05, 0) is 12.8 Å². The van der Waals surface area contributed by atoms with Gasteiger partial charge >= 0.3 is 0 Å². The molecule has 0 radical (unpaired) electrons. The minimum absolute atomic E-state index is 0.157. The van der Waals surface area contributed by atoms with Gasteiger partial charge in [0.1, 0.15) is 9.88 Å². The minimum Gasteiger partial charge on any atom is -0.397 e. The fraction of sp³-hybridized carbons (Fsp3) is 0.500. The second-order valence-electron chi connectivity index (χ2n) is 4.10. The van der Waals surface area contributed by atoms with Gasteiger partial charge in [0.25, 0.3) is 11.8 Å². The van der Waals surface area contributed by atoms with Gasteiger partial charge in [0, 0.05) is 13.1 Å². The Hall–Kier alpha value is -1.76. The highest BCUT2D eigenvalue weighted by Crippen LogP contribution is 2.35. The van der Waals surface area contributed by atoms with E-state index in [1.165, 1.54) is 0 Å². The summed E-state index contributed by atoms with van der Waals surface area (Å²) < 4.78 is 0. The van der Waals surface area contributed by atoms with E-state index in [1.807, 2.05) is 13.8 Å². The predicted octanol–water partition coefficient (Wildman–Crippen LogP) is 1.39. The lowest BCUT2D eigenvalue weighted by atomic mass is 10.2. The number of carbonyl (C=O) groups excluding carboxylic acids is 2. The predicted molar refractivity (Wildman–Crippen MR) is 78.7 cm³/mol. The summed E-state index contributed by atoms with van der Waals surface area (Å²) in [5.41, 5.74) is 11.5. The molecule has 0 unspecified atom stereocenters. The maximum absolute atomic E-state index is 11.9. The molecule has 7 heteroatoms. The van der Waals surface area contributed by atoms with Crippen molar-refractivity contribution in [2.75, 3.05) is 24.1 Å². The highest BCUT2D eigenvalue weighted by Gasteiger charge is 2.23. The molecule has 0 saturated carbocycles. The van der Waals surface area contributed by atoms with Crippen LogP contribution in [0.4, 0.5) is 10.7 Å². The van der Waals surface area contributed by atoms with Crippen molar-refractivity contribution in [3.05, 3.63) is 10.4 Å². The number of thiophene rings is 1. The molecule has 1 heterocycles. The zero-order valence-electron chi connectivity index (χ0n) is 11.2. The van der Waals surface area contributed by atoms with Crippen molar-refractivity contribution >= 4 is 33.8 Å². The molecule has 1 aromatic rings. The summed E-state index contributed by atoms with van der Waals surface area (Å²) in [6.45, 7) is 5.22. The summed E-state index contributed by atoms with van der Waals surface area (Å²) in [5, 5.41) is 6.37. The zero-order valence-corrected chi connectivity index (χ0v) is 12.0. The van der Waals surface area contributed by atoms with E-state index in [-0.39, 0.29) is 17.2 Å². The highest BCUT2D eigenvalue weighted by atomic mass is 32.1. The molecule has 6 nitrogen and oxygen atoms in total. The molecule has 1 aromatic heterocycles. The van der Waals surface area contributed by atoms with Crippen LogP contribution in [0.3, 0.4) is 0 Å². The van der Waals surface area contributed by atoms with E-state index in [0.717, 1.165) is 24.2 Å². The molecular weight excluding hydrogens is 264 g/mol. The van der Waals surface area contributed by atoms with Crippen molar-refractivity contribution in [2.24, 2.45) is 5.73 Å². The summed E-state index contributed by atoms with van der Waals surface area (Å²) in [7, 11) is 0. The van der Waals surface area contributed by atoms with Crippen molar-refractivity contribution in [1.82, 2.24) is 5.32 Å². The van der Waals surface area contributed by atoms with Crippen LogP contribution in [-0.2, 0) is 0 Å². The Morgan fingerprint density at radius 3 is 2.37 bits per heavy atom. The van der Waals surface area contributed by atoms with Gasteiger partial charge in [-0.1, -0.05) is 13.8 Å². The van der Waals surface area contributed by atoms with Gasteiger partial charge in [0.15, 0.2) is 0 Å². The third-order valence-electron chi connectivity index (χ3n) is 2.47. The molecule has 1 rings (SSSR count). The van der Waals surface area contributed by atoms with Crippen LogP contribution in [0, 0.1) is 0 Å². The number of nitrogen functional groups attached to an aromatic ring is 1. The van der Waals surface area contributed by atoms with Gasteiger partial charge in [-0.3, -0.25) is 9.59 Å². The van der Waals surface area contributed by atoms with Crippen molar-refractivity contribution < 1.29 is 9.59 Å². The third-order valence-corrected chi connectivity index (χ3v) is 3.63. The molecule has 19 heavy (non-hydrogen) atoms. The van der Waals surface area contributed by atoms with Gasteiger partial charge < -0.3 is 22.1 Å². The van der Waals surface area contributed by atoms with Crippen LogP contribution < -0.4 is 22.1 Å². The number of hydrogen-bond acceptors (Lipinski definition) is 5. The molecule has 0 atom stereocenters. The summed E-state index contributed by atoms with van der Waals surface area (Å²) in [4.78, 5) is 23.7. The van der Waals surface area contributed by atoms with E-state index >= 15 is 0 Å². The van der Waals surface area contributed by atoms with Crippen LogP contribution >= 0.6 is 11.3 Å². The number of nitrogens with two attached hydrogens (primary N) is 2. The van der Waals surface area contributed by atoms with Gasteiger partial charge in [-0.25, -0.2) is 0 Å². The van der Waals surface area contributed by atoms with E-state index in [0.29, 0.717) is 23.0 Å². The Kier molecular flexibility index (Phi) is 5.62. The van der Waals surface area contributed by atoms with E-state index in [2.05, 4.69) is 10.6 Å². The molecule has 0 fully saturated rings. The molecule has 0 aliphatic carbocycles. The summed E-state index contributed by atoms with van der Waals surface area (Å²) >= 11 is 1.16. The molecule has 0 aliphatic rings. The zero-order chi connectivity index (χ0) is 14.4.